The smallest absolute Gasteiger partial charge is 0.328 e. The van der Waals surface area contributed by atoms with E-state index in [2.05, 4.69) is 5.32 Å². The molecule has 7 N–H and O–H groups in total. The van der Waals surface area contributed by atoms with Crippen LogP contribution >= 0.6 is 0 Å². The van der Waals surface area contributed by atoms with Crippen LogP contribution in [0, 0.1) is 0 Å². The first-order valence-corrected chi connectivity index (χ1v) is 5.58. The summed E-state index contributed by atoms with van der Waals surface area (Å²) in [5.41, 5.74) is 5.30. The van der Waals surface area contributed by atoms with E-state index in [1.54, 1.807) is 0 Å². The van der Waals surface area contributed by atoms with Gasteiger partial charge in [0.15, 0.2) is 0 Å². The van der Waals surface area contributed by atoms with Gasteiger partial charge in [-0.15, -0.1) is 0 Å². The number of hydrogen-bond donors (Lipinski definition) is 6. The molecule has 2 amide bonds. The SMILES string of the molecule is C[C@H](N)C(=O)N[C@H](C(=O)N[C@@H](CO)C(=O)O)[C@@H](C)O. The summed E-state index contributed by atoms with van der Waals surface area (Å²) in [7, 11) is 0. The minimum absolute atomic E-state index is 0.670. The fourth-order valence-corrected chi connectivity index (χ4v) is 1.14. The average Bonchev–Trinajstić information content (AvgIpc) is 2.31. The Balaban J connectivity index is 4.75. The fourth-order valence-electron chi connectivity index (χ4n) is 1.14. The third kappa shape index (κ3) is 5.64. The first-order chi connectivity index (χ1) is 8.70. The van der Waals surface area contributed by atoms with Crippen LogP contribution in [0.2, 0.25) is 0 Å². The fraction of sp³-hybridized carbons (Fsp3) is 0.700. The van der Waals surface area contributed by atoms with Crippen molar-refractivity contribution in [3.63, 3.8) is 0 Å². The summed E-state index contributed by atoms with van der Waals surface area (Å²) < 4.78 is 0. The molecular weight excluding hydrogens is 258 g/mol. The molecule has 0 aromatic heterocycles. The van der Waals surface area contributed by atoms with E-state index in [1.165, 1.54) is 13.8 Å². The number of rotatable bonds is 7. The predicted octanol–water partition coefficient (Wildman–Crippen LogP) is -3.24. The Morgan fingerprint density at radius 2 is 1.68 bits per heavy atom. The highest BCUT2D eigenvalue weighted by atomic mass is 16.4. The second kappa shape index (κ2) is 7.67. The second-order valence-electron chi connectivity index (χ2n) is 4.10. The van der Waals surface area contributed by atoms with Gasteiger partial charge in [0.25, 0.3) is 0 Å². The zero-order valence-corrected chi connectivity index (χ0v) is 10.7. The minimum Gasteiger partial charge on any atom is -0.480 e. The number of aliphatic hydroxyl groups excluding tert-OH is 2. The van der Waals surface area contributed by atoms with Gasteiger partial charge in [-0.1, -0.05) is 0 Å². The van der Waals surface area contributed by atoms with Crippen LogP contribution in [0.15, 0.2) is 0 Å². The van der Waals surface area contributed by atoms with Crippen molar-refractivity contribution in [2.24, 2.45) is 5.73 Å². The maximum atomic E-state index is 11.7. The summed E-state index contributed by atoms with van der Waals surface area (Å²) in [6, 6.07) is -3.75. The van der Waals surface area contributed by atoms with Crippen LogP contribution in [0.5, 0.6) is 0 Å². The molecule has 9 nitrogen and oxygen atoms in total. The maximum Gasteiger partial charge on any atom is 0.328 e. The summed E-state index contributed by atoms with van der Waals surface area (Å²) in [5.74, 6) is -3.03. The number of carboxylic acids is 1. The van der Waals surface area contributed by atoms with Gasteiger partial charge in [-0.25, -0.2) is 4.79 Å². The summed E-state index contributed by atoms with van der Waals surface area (Å²) >= 11 is 0. The van der Waals surface area contributed by atoms with Crippen LogP contribution in [0.4, 0.5) is 0 Å². The molecule has 0 radical (unpaired) electrons. The summed E-state index contributed by atoms with van der Waals surface area (Å²) in [6.45, 7) is 1.83. The number of carboxylic acid groups (broad SMARTS) is 1. The molecule has 0 aliphatic carbocycles. The van der Waals surface area contributed by atoms with E-state index in [1.807, 2.05) is 5.32 Å². The van der Waals surface area contributed by atoms with Gasteiger partial charge in [-0.05, 0) is 13.8 Å². The highest BCUT2D eigenvalue weighted by molar-refractivity contribution is 5.92. The van der Waals surface area contributed by atoms with E-state index in [-0.39, 0.29) is 0 Å². The lowest BCUT2D eigenvalue weighted by molar-refractivity contribution is -0.144. The lowest BCUT2D eigenvalue weighted by Crippen LogP contribution is -2.58. The molecule has 0 aliphatic rings. The van der Waals surface area contributed by atoms with Crippen molar-refractivity contribution in [1.82, 2.24) is 10.6 Å². The Morgan fingerprint density at radius 1 is 1.16 bits per heavy atom. The van der Waals surface area contributed by atoms with Gasteiger partial charge >= 0.3 is 5.97 Å². The molecule has 0 rings (SSSR count). The van der Waals surface area contributed by atoms with E-state index in [4.69, 9.17) is 15.9 Å². The van der Waals surface area contributed by atoms with Crippen molar-refractivity contribution in [3.05, 3.63) is 0 Å². The van der Waals surface area contributed by atoms with Gasteiger partial charge in [0.2, 0.25) is 11.8 Å². The van der Waals surface area contributed by atoms with Gasteiger partial charge in [-0.3, -0.25) is 9.59 Å². The first-order valence-electron chi connectivity index (χ1n) is 5.58. The zero-order valence-electron chi connectivity index (χ0n) is 10.7. The molecule has 0 saturated carbocycles. The van der Waals surface area contributed by atoms with Crippen molar-refractivity contribution < 1.29 is 29.7 Å². The number of amides is 2. The van der Waals surface area contributed by atoms with E-state index < -0.39 is 48.6 Å². The molecule has 0 aromatic rings. The van der Waals surface area contributed by atoms with Crippen LogP contribution < -0.4 is 16.4 Å². The third-order valence-corrected chi connectivity index (χ3v) is 2.27. The molecule has 0 aliphatic heterocycles. The standard InChI is InChI=1S/C10H19N3O6/c1-4(11)8(16)13-7(5(2)15)9(17)12-6(3-14)10(18)19/h4-7,14-15H,3,11H2,1-2H3,(H,12,17)(H,13,16)(H,18,19)/t4-,5+,6-,7-/m0/s1. The Labute approximate surface area is 109 Å². The number of aliphatic carboxylic acids is 1. The molecular formula is C10H19N3O6. The number of aliphatic hydroxyl groups is 2. The molecule has 0 spiro atoms. The molecule has 0 saturated heterocycles. The Morgan fingerprint density at radius 3 is 2.00 bits per heavy atom. The van der Waals surface area contributed by atoms with Crippen molar-refractivity contribution in [2.75, 3.05) is 6.61 Å². The lowest BCUT2D eigenvalue weighted by atomic mass is 10.1. The predicted molar refractivity (Wildman–Crippen MR) is 63.9 cm³/mol. The van der Waals surface area contributed by atoms with Crippen molar-refractivity contribution in [2.45, 2.75) is 38.1 Å². The quantitative estimate of drug-likeness (QED) is 0.285. The van der Waals surface area contributed by atoms with E-state index in [0.717, 1.165) is 0 Å². The topological polar surface area (TPSA) is 162 Å². The molecule has 9 heteroatoms. The maximum absolute atomic E-state index is 11.7. The van der Waals surface area contributed by atoms with Gasteiger partial charge in [-0.2, -0.15) is 0 Å². The molecule has 0 unspecified atom stereocenters. The van der Waals surface area contributed by atoms with Crippen molar-refractivity contribution >= 4 is 17.8 Å². The van der Waals surface area contributed by atoms with Gasteiger partial charge in [0, 0.05) is 0 Å². The molecule has 19 heavy (non-hydrogen) atoms. The highest BCUT2D eigenvalue weighted by Crippen LogP contribution is 1.96. The Kier molecular flexibility index (Phi) is 6.98. The minimum atomic E-state index is -1.51. The summed E-state index contributed by atoms with van der Waals surface area (Å²) in [4.78, 5) is 33.7. The van der Waals surface area contributed by atoms with Gasteiger partial charge in [0.1, 0.15) is 12.1 Å². The summed E-state index contributed by atoms with van der Waals surface area (Å²) in [6.07, 6.45) is -1.25. The van der Waals surface area contributed by atoms with Crippen LogP contribution in [0.25, 0.3) is 0 Å². The van der Waals surface area contributed by atoms with Crippen LogP contribution in [-0.2, 0) is 14.4 Å². The number of hydrogen-bond acceptors (Lipinski definition) is 6. The number of nitrogens with two attached hydrogens (primary N) is 1. The Bertz CT molecular complexity index is 344. The van der Waals surface area contributed by atoms with Crippen molar-refractivity contribution in [1.29, 1.82) is 0 Å². The lowest BCUT2D eigenvalue weighted by Gasteiger charge is -2.23. The zero-order chi connectivity index (χ0) is 15.2. The average molecular weight is 277 g/mol. The van der Waals surface area contributed by atoms with Gasteiger partial charge < -0.3 is 31.7 Å². The molecule has 110 valence electrons. The number of carbonyl (C=O) groups excluding carboxylic acids is 2. The summed E-state index contributed by atoms with van der Waals surface area (Å²) in [5, 5.41) is 31.0. The van der Waals surface area contributed by atoms with E-state index in [9.17, 15) is 19.5 Å². The van der Waals surface area contributed by atoms with Crippen LogP contribution in [0.1, 0.15) is 13.8 Å². The second-order valence-corrected chi connectivity index (χ2v) is 4.10. The molecule has 0 fully saturated rings. The molecule has 0 aromatic carbocycles. The normalized spacial score (nSPS) is 16.9. The van der Waals surface area contributed by atoms with Crippen LogP contribution in [-0.4, -0.2) is 63.9 Å². The first kappa shape index (κ1) is 17.3. The molecule has 0 heterocycles. The largest absolute Gasteiger partial charge is 0.480 e. The van der Waals surface area contributed by atoms with Gasteiger partial charge in [0.05, 0.1) is 18.8 Å². The molecule has 4 atom stereocenters. The number of nitrogens with one attached hydrogen (secondary N) is 2. The van der Waals surface area contributed by atoms with Crippen molar-refractivity contribution in [3.8, 4) is 0 Å². The third-order valence-electron chi connectivity index (χ3n) is 2.27. The van der Waals surface area contributed by atoms with E-state index >= 15 is 0 Å². The number of carbonyl (C=O) groups is 3. The Hall–Kier alpha value is -1.71. The van der Waals surface area contributed by atoms with E-state index in [0.29, 0.717) is 0 Å². The monoisotopic (exact) mass is 277 g/mol. The highest BCUT2D eigenvalue weighted by Gasteiger charge is 2.29. The molecule has 0 bridgehead atoms. The van der Waals surface area contributed by atoms with Crippen LogP contribution in [0.3, 0.4) is 0 Å².